The number of morpholine rings is 1. The van der Waals surface area contributed by atoms with Crippen LogP contribution < -0.4 is 16.0 Å². The zero-order chi connectivity index (χ0) is 19.5. The van der Waals surface area contributed by atoms with Gasteiger partial charge in [-0.3, -0.25) is 14.7 Å². The molecule has 0 aromatic carbocycles. The molecule has 2 heterocycles. The summed E-state index contributed by atoms with van der Waals surface area (Å²) in [6.07, 6.45) is 0.842. The van der Waals surface area contributed by atoms with E-state index in [2.05, 4.69) is 39.7 Å². The van der Waals surface area contributed by atoms with Crippen LogP contribution in [0.2, 0.25) is 0 Å². The molecule has 1 amide bonds. The van der Waals surface area contributed by atoms with Gasteiger partial charge in [-0.2, -0.15) is 0 Å². The molecule has 0 bridgehead atoms. The van der Waals surface area contributed by atoms with E-state index >= 15 is 0 Å². The molecule has 152 valence electrons. The predicted molar refractivity (Wildman–Crippen MR) is 112 cm³/mol. The summed E-state index contributed by atoms with van der Waals surface area (Å²) in [6, 6.07) is 4.18. The Hall–Kier alpha value is -1.64. The van der Waals surface area contributed by atoms with E-state index in [1.807, 2.05) is 17.5 Å². The highest BCUT2D eigenvalue weighted by Gasteiger charge is 2.23. The van der Waals surface area contributed by atoms with E-state index < -0.39 is 0 Å². The van der Waals surface area contributed by atoms with Crippen molar-refractivity contribution in [1.29, 1.82) is 0 Å². The number of amides is 1. The maximum absolute atomic E-state index is 11.9. The van der Waals surface area contributed by atoms with E-state index in [-0.39, 0.29) is 5.91 Å². The Balaban J connectivity index is 1.65. The number of hydrogen-bond acceptors (Lipinski definition) is 5. The highest BCUT2D eigenvalue weighted by Crippen LogP contribution is 2.12. The number of carbonyl (C=O) groups excluding carboxylic acids is 1. The second-order valence-corrected chi connectivity index (χ2v) is 7.87. The first-order valence-electron chi connectivity index (χ1n) is 9.70. The number of aliphatic imine (C=N–C) groups is 1. The van der Waals surface area contributed by atoms with E-state index in [1.165, 1.54) is 11.3 Å². The van der Waals surface area contributed by atoms with Crippen molar-refractivity contribution < 1.29 is 9.53 Å². The summed E-state index contributed by atoms with van der Waals surface area (Å²) >= 11 is 1.46. The zero-order valence-corrected chi connectivity index (χ0v) is 17.5. The van der Waals surface area contributed by atoms with Gasteiger partial charge in [0.25, 0.3) is 5.91 Å². The number of hydrogen-bond donors (Lipinski definition) is 3. The van der Waals surface area contributed by atoms with Gasteiger partial charge in [-0.15, -0.1) is 11.3 Å². The predicted octanol–water partition coefficient (Wildman–Crippen LogP) is 1.39. The van der Waals surface area contributed by atoms with Gasteiger partial charge in [0.05, 0.1) is 18.1 Å². The van der Waals surface area contributed by atoms with E-state index in [0.717, 1.165) is 56.7 Å². The average molecular weight is 396 g/mol. The van der Waals surface area contributed by atoms with Crippen molar-refractivity contribution in [2.75, 3.05) is 53.0 Å². The average Bonchev–Trinajstić information content (AvgIpc) is 3.21. The lowest BCUT2D eigenvalue weighted by Crippen LogP contribution is -2.52. The molecule has 0 saturated carbocycles. The molecule has 0 radical (unpaired) electrons. The van der Waals surface area contributed by atoms with Crippen LogP contribution in [-0.4, -0.2) is 75.8 Å². The zero-order valence-electron chi connectivity index (χ0n) is 16.7. The number of carbonyl (C=O) groups is 1. The second kappa shape index (κ2) is 11.9. The number of nitrogens with zero attached hydrogens (tertiary/aromatic N) is 2. The van der Waals surface area contributed by atoms with Gasteiger partial charge >= 0.3 is 0 Å². The molecule has 1 aromatic heterocycles. The van der Waals surface area contributed by atoms with Gasteiger partial charge in [-0.25, -0.2) is 0 Å². The van der Waals surface area contributed by atoms with Crippen LogP contribution in [0, 0.1) is 5.92 Å². The van der Waals surface area contributed by atoms with Gasteiger partial charge in [0.15, 0.2) is 5.96 Å². The molecular weight excluding hydrogens is 362 g/mol. The van der Waals surface area contributed by atoms with E-state index in [9.17, 15) is 4.79 Å². The maximum Gasteiger partial charge on any atom is 0.261 e. The van der Waals surface area contributed by atoms with Crippen LogP contribution in [0.4, 0.5) is 0 Å². The molecular formula is C19H33N5O2S. The Morgan fingerprint density at radius 1 is 1.26 bits per heavy atom. The summed E-state index contributed by atoms with van der Waals surface area (Å²) < 4.78 is 5.47. The van der Waals surface area contributed by atoms with Crippen molar-refractivity contribution in [2.45, 2.75) is 26.3 Å². The van der Waals surface area contributed by atoms with Gasteiger partial charge in [0.2, 0.25) is 0 Å². The molecule has 8 heteroatoms. The third kappa shape index (κ3) is 7.48. The SMILES string of the molecule is CN=C(NCCCNC(=O)c1cccs1)NCC(C(C)C)N1CCOCC1. The summed E-state index contributed by atoms with van der Waals surface area (Å²) in [5.41, 5.74) is 0. The van der Waals surface area contributed by atoms with Gasteiger partial charge in [-0.05, 0) is 23.8 Å². The molecule has 1 aromatic rings. The summed E-state index contributed by atoms with van der Waals surface area (Å²) in [6.45, 7) is 10.4. The van der Waals surface area contributed by atoms with Crippen molar-refractivity contribution in [2.24, 2.45) is 10.9 Å². The quantitative estimate of drug-likeness (QED) is 0.335. The van der Waals surface area contributed by atoms with Gasteiger partial charge in [0.1, 0.15) is 0 Å². The van der Waals surface area contributed by atoms with E-state index in [4.69, 9.17) is 4.74 Å². The largest absolute Gasteiger partial charge is 0.379 e. The van der Waals surface area contributed by atoms with Crippen LogP contribution >= 0.6 is 11.3 Å². The Morgan fingerprint density at radius 2 is 2.00 bits per heavy atom. The summed E-state index contributed by atoms with van der Waals surface area (Å²) in [5.74, 6) is 1.36. The fraction of sp³-hybridized carbons (Fsp3) is 0.684. The second-order valence-electron chi connectivity index (χ2n) is 6.93. The smallest absolute Gasteiger partial charge is 0.261 e. The number of thiophene rings is 1. The minimum Gasteiger partial charge on any atom is -0.379 e. The molecule has 7 nitrogen and oxygen atoms in total. The Bertz CT molecular complexity index is 571. The first kappa shape index (κ1) is 21.7. The van der Waals surface area contributed by atoms with E-state index in [1.54, 1.807) is 7.05 Å². The third-order valence-electron chi connectivity index (χ3n) is 4.66. The molecule has 1 unspecified atom stereocenters. The molecule has 27 heavy (non-hydrogen) atoms. The molecule has 0 aliphatic carbocycles. The van der Waals surface area contributed by atoms with Crippen molar-refractivity contribution in [1.82, 2.24) is 20.9 Å². The Morgan fingerprint density at radius 3 is 2.63 bits per heavy atom. The lowest BCUT2D eigenvalue weighted by atomic mass is 10.0. The molecule has 1 atom stereocenters. The van der Waals surface area contributed by atoms with Crippen LogP contribution in [-0.2, 0) is 4.74 Å². The standard InChI is InChI=1S/C19H33N5O2S/c1-15(2)16(24-9-11-26-12-10-24)14-23-19(20-3)22-8-5-7-21-18(25)17-6-4-13-27-17/h4,6,13,15-16H,5,7-12,14H2,1-3H3,(H,21,25)(H2,20,22,23). The summed E-state index contributed by atoms with van der Waals surface area (Å²) in [7, 11) is 1.78. The molecule has 1 aliphatic rings. The fourth-order valence-electron chi connectivity index (χ4n) is 3.11. The lowest BCUT2D eigenvalue weighted by Gasteiger charge is -2.37. The van der Waals surface area contributed by atoms with Crippen LogP contribution in [0.3, 0.4) is 0 Å². The van der Waals surface area contributed by atoms with Gasteiger partial charge < -0.3 is 20.7 Å². The highest BCUT2D eigenvalue weighted by atomic mass is 32.1. The minimum absolute atomic E-state index is 0.00204. The molecule has 1 aliphatic heterocycles. The molecule has 1 saturated heterocycles. The maximum atomic E-state index is 11.9. The van der Waals surface area contributed by atoms with Gasteiger partial charge in [0, 0.05) is 45.8 Å². The molecule has 0 spiro atoms. The number of nitrogens with one attached hydrogen (secondary N) is 3. The first-order chi connectivity index (χ1) is 13.1. The van der Waals surface area contributed by atoms with Crippen molar-refractivity contribution in [3.8, 4) is 0 Å². The summed E-state index contributed by atoms with van der Waals surface area (Å²) in [5, 5.41) is 11.6. The molecule has 2 rings (SSSR count). The lowest BCUT2D eigenvalue weighted by molar-refractivity contribution is 0.00752. The summed E-state index contributed by atoms with van der Waals surface area (Å²) in [4.78, 5) is 19.4. The van der Waals surface area contributed by atoms with Crippen LogP contribution in [0.25, 0.3) is 0 Å². The molecule has 1 fully saturated rings. The number of ether oxygens (including phenoxy) is 1. The first-order valence-corrected chi connectivity index (χ1v) is 10.6. The minimum atomic E-state index is -0.00204. The van der Waals surface area contributed by atoms with Crippen molar-refractivity contribution in [3.05, 3.63) is 22.4 Å². The fourth-order valence-corrected chi connectivity index (χ4v) is 3.75. The highest BCUT2D eigenvalue weighted by molar-refractivity contribution is 7.12. The van der Waals surface area contributed by atoms with Crippen LogP contribution in [0.15, 0.2) is 22.5 Å². The number of rotatable bonds is 9. The monoisotopic (exact) mass is 395 g/mol. The van der Waals surface area contributed by atoms with Gasteiger partial charge in [-0.1, -0.05) is 19.9 Å². The topological polar surface area (TPSA) is 78.0 Å². The Labute approximate surface area is 166 Å². The third-order valence-corrected chi connectivity index (χ3v) is 5.53. The Kier molecular flexibility index (Phi) is 9.58. The molecule has 3 N–H and O–H groups in total. The number of guanidine groups is 1. The van der Waals surface area contributed by atoms with Crippen LogP contribution in [0.1, 0.15) is 29.9 Å². The van der Waals surface area contributed by atoms with Crippen molar-refractivity contribution >= 4 is 23.2 Å². The normalized spacial score (nSPS) is 17.0. The van der Waals surface area contributed by atoms with E-state index in [0.29, 0.717) is 18.5 Å². The van der Waals surface area contributed by atoms with Crippen LogP contribution in [0.5, 0.6) is 0 Å². The van der Waals surface area contributed by atoms with Crippen molar-refractivity contribution in [3.63, 3.8) is 0 Å².